The zero-order valence-electron chi connectivity index (χ0n) is 16.3. The number of carbonyl (C=O) groups is 1. The minimum Gasteiger partial charge on any atom is -0.493 e. The van der Waals surface area contributed by atoms with Crippen molar-refractivity contribution in [1.82, 2.24) is 0 Å². The molecule has 0 amide bonds. The summed E-state index contributed by atoms with van der Waals surface area (Å²) < 4.78 is 27.2. The first-order valence-corrected chi connectivity index (χ1v) is 8.97. The smallest absolute Gasteiger partial charge is 0.334 e. The van der Waals surface area contributed by atoms with Crippen LogP contribution in [0.5, 0.6) is 17.2 Å². The fraction of sp³-hybridized carbons (Fsp3) is 0.318. The van der Waals surface area contributed by atoms with E-state index < -0.39 is 0 Å². The highest BCUT2D eigenvalue weighted by atomic mass is 16.6. The molecule has 1 aliphatic heterocycles. The third-order valence-corrected chi connectivity index (χ3v) is 4.43. The SMILES string of the molecule is COc1cc(/C=C2\C[C@@H](COCc3ccccc3)OC2=O)cc(OC)c1OC. The lowest BCUT2D eigenvalue weighted by molar-refractivity contribution is -0.141. The molecule has 0 saturated carbocycles. The Hall–Kier alpha value is -2.99. The number of ether oxygens (including phenoxy) is 5. The van der Waals surface area contributed by atoms with Crippen LogP contribution in [0.2, 0.25) is 0 Å². The Bertz CT molecular complexity index is 818. The van der Waals surface area contributed by atoms with Crippen LogP contribution in [0.1, 0.15) is 17.5 Å². The van der Waals surface area contributed by atoms with Gasteiger partial charge in [-0.25, -0.2) is 4.79 Å². The molecule has 1 aliphatic rings. The zero-order chi connectivity index (χ0) is 19.9. The summed E-state index contributed by atoms with van der Waals surface area (Å²) in [6, 6.07) is 13.5. The van der Waals surface area contributed by atoms with Gasteiger partial charge in [-0.15, -0.1) is 0 Å². The molecular weight excluding hydrogens is 360 g/mol. The Morgan fingerprint density at radius 1 is 1.04 bits per heavy atom. The van der Waals surface area contributed by atoms with Crippen LogP contribution in [0.15, 0.2) is 48.0 Å². The van der Waals surface area contributed by atoms with E-state index in [1.165, 1.54) is 0 Å². The van der Waals surface area contributed by atoms with Crippen molar-refractivity contribution < 1.29 is 28.5 Å². The molecule has 0 N–H and O–H groups in total. The average molecular weight is 384 g/mol. The molecular formula is C22H24O6. The van der Waals surface area contributed by atoms with Gasteiger partial charge in [0, 0.05) is 12.0 Å². The summed E-state index contributed by atoms with van der Waals surface area (Å²) in [6.07, 6.45) is 1.98. The highest BCUT2D eigenvalue weighted by molar-refractivity contribution is 5.95. The number of rotatable bonds is 8. The van der Waals surface area contributed by atoms with Gasteiger partial charge in [0.2, 0.25) is 5.75 Å². The van der Waals surface area contributed by atoms with Crippen LogP contribution in [-0.4, -0.2) is 40.0 Å². The summed E-state index contributed by atoms with van der Waals surface area (Å²) in [6.45, 7) is 0.841. The number of methoxy groups -OCH3 is 3. The maximum absolute atomic E-state index is 12.2. The second-order valence-electron chi connectivity index (χ2n) is 6.36. The lowest BCUT2D eigenvalue weighted by Gasteiger charge is -2.13. The molecule has 0 aliphatic carbocycles. The molecule has 148 valence electrons. The first kappa shape index (κ1) is 19.8. The maximum atomic E-state index is 12.2. The van der Waals surface area contributed by atoms with E-state index in [9.17, 15) is 4.79 Å². The Morgan fingerprint density at radius 2 is 1.71 bits per heavy atom. The van der Waals surface area contributed by atoms with Gasteiger partial charge in [0.15, 0.2) is 11.5 Å². The molecule has 0 spiro atoms. The van der Waals surface area contributed by atoms with Gasteiger partial charge in [0.25, 0.3) is 0 Å². The highest BCUT2D eigenvalue weighted by Crippen LogP contribution is 2.39. The first-order valence-electron chi connectivity index (χ1n) is 8.97. The van der Waals surface area contributed by atoms with Gasteiger partial charge in [-0.1, -0.05) is 30.3 Å². The summed E-state index contributed by atoms with van der Waals surface area (Å²) in [5, 5.41) is 0. The topological polar surface area (TPSA) is 63.2 Å². The number of hydrogen-bond acceptors (Lipinski definition) is 6. The van der Waals surface area contributed by atoms with Crippen LogP contribution < -0.4 is 14.2 Å². The predicted molar refractivity (Wildman–Crippen MR) is 105 cm³/mol. The van der Waals surface area contributed by atoms with Crippen LogP contribution in [0.25, 0.3) is 6.08 Å². The molecule has 0 unspecified atom stereocenters. The molecule has 1 atom stereocenters. The van der Waals surface area contributed by atoms with Crippen molar-refractivity contribution in [3.05, 3.63) is 59.2 Å². The lowest BCUT2D eigenvalue weighted by atomic mass is 10.1. The molecule has 2 aromatic carbocycles. The summed E-state index contributed by atoms with van der Waals surface area (Å²) >= 11 is 0. The van der Waals surface area contributed by atoms with Crippen molar-refractivity contribution in [2.45, 2.75) is 19.1 Å². The second-order valence-corrected chi connectivity index (χ2v) is 6.36. The van der Waals surface area contributed by atoms with Gasteiger partial charge in [-0.3, -0.25) is 0 Å². The largest absolute Gasteiger partial charge is 0.493 e. The van der Waals surface area contributed by atoms with Gasteiger partial charge in [-0.2, -0.15) is 0 Å². The molecule has 6 nitrogen and oxygen atoms in total. The van der Waals surface area contributed by atoms with Crippen molar-refractivity contribution in [2.75, 3.05) is 27.9 Å². The monoisotopic (exact) mass is 384 g/mol. The molecule has 6 heteroatoms. The average Bonchev–Trinajstić information content (AvgIpc) is 3.07. The number of carbonyl (C=O) groups excluding carboxylic acids is 1. The standard InChI is InChI=1S/C22H24O6/c1-24-19-10-16(11-20(25-2)21(19)26-3)9-17-12-18(28-22(17)23)14-27-13-15-7-5-4-6-8-15/h4-11,18H,12-14H2,1-3H3/b17-9+/t18-/m0/s1. The van der Waals surface area contributed by atoms with E-state index in [1.54, 1.807) is 39.5 Å². The highest BCUT2D eigenvalue weighted by Gasteiger charge is 2.29. The van der Waals surface area contributed by atoms with Crippen molar-refractivity contribution in [2.24, 2.45) is 0 Å². The van der Waals surface area contributed by atoms with Crippen molar-refractivity contribution in [1.29, 1.82) is 0 Å². The van der Waals surface area contributed by atoms with Gasteiger partial charge in [-0.05, 0) is 29.3 Å². The summed E-state index contributed by atoms with van der Waals surface area (Å²) in [7, 11) is 4.66. The second kappa shape index (κ2) is 9.28. The van der Waals surface area contributed by atoms with E-state index in [2.05, 4.69) is 0 Å². The molecule has 1 saturated heterocycles. The van der Waals surface area contributed by atoms with Crippen molar-refractivity contribution >= 4 is 12.0 Å². The number of benzene rings is 2. The molecule has 1 heterocycles. The summed E-state index contributed by atoms with van der Waals surface area (Å²) in [5.41, 5.74) is 2.44. The van der Waals surface area contributed by atoms with Gasteiger partial charge in [0.05, 0.1) is 34.5 Å². The first-order chi connectivity index (χ1) is 13.6. The van der Waals surface area contributed by atoms with E-state index in [-0.39, 0.29) is 12.1 Å². The Labute approximate surface area is 164 Å². The van der Waals surface area contributed by atoms with Gasteiger partial charge >= 0.3 is 5.97 Å². The molecule has 2 aromatic rings. The van der Waals surface area contributed by atoms with Crippen LogP contribution in [0.4, 0.5) is 0 Å². The van der Waals surface area contributed by atoms with Gasteiger partial charge in [0.1, 0.15) is 6.10 Å². The van der Waals surface area contributed by atoms with Crippen LogP contribution >= 0.6 is 0 Å². The lowest BCUT2D eigenvalue weighted by Crippen LogP contribution is -2.14. The van der Waals surface area contributed by atoms with E-state index in [0.717, 1.165) is 11.1 Å². The van der Waals surface area contributed by atoms with Crippen LogP contribution in [0, 0.1) is 0 Å². The fourth-order valence-corrected chi connectivity index (χ4v) is 3.08. The molecule has 0 bridgehead atoms. The quantitative estimate of drug-likeness (QED) is 0.512. The minimum atomic E-state index is -0.331. The number of cyclic esters (lactones) is 1. The van der Waals surface area contributed by atoms with E-state index in [1.807, 2.05) is 30.3 Å². The normalized spacial score (nSPS) is 17.5. The van der Waals surface area contributed by atoms with Crippen LogP contribution in [-0.2, 0) is 20.9 Å². The van der Waals surface area contributed by atoms with Crippen LogP contribution in [0.3, 0.4) is 0 Å². The number of esters is 1. The Morgan fingerprint density at radius 3 is 2.32 bits per heavy atom. The Balaban J connectivity index is 1.67. The van der Waals surface area contributed by atoms with E-state index in [4.69, 9.17) is 23.7 Å². The van der Waals surface area contributed by atoms with E-state index in [0.29, 0.717) is 42.5 Å². The molecule has 28 heavy (non-hydrogen) atoms. The van der Waals surface area contributed by atoms with Gasteiger partial charge < -0.3 is 23.7 Å². The zero-order valence-corrected chi connectivity index (χ0v) is 16.3. The van der Waals surface area contributed by atoms with Crippen molar-refractivity contribution in [3.8, 4) is 17.2 Å². The third-order valence-electron chi connectivity index (χ3n) is 4.43. The molecule has 0 aromatic heterocycles. The summed E-state index contributed by atoms with van der Waals surface area (Å²) in [4.78, 5) is 12.2. The Kier molecular flexibility index (Phi) is 6.55. The molecule has 1 fully saturated rings. The predicted octanol–water partition coefficient (Wildman–Crippen LogP) is 3.63. The fourth-order valence-electron chi connectivity index (χ4n) is 3.08. The third kappa shape index (κ3) is 4.64. The number of hydrogen-bond donors (Lipinski definition) is 0. The maximum Gasteiger partial charge on any atom is 0.334 e. The van der Waals surface area contributed by atoms with E-state index >= 15 is 0 Å². The molecule has 3 rings (SSSR count). The summed E-state index contributed by atoms with van der Waals surface area (Å²) in [5.74, 6) is 1.24. The minimum absolute atomic E-state index is 0.287. The molecule has 0 radical (unpaired) electrons. The van der Waals surface area contributed by atoms with Crippen molar-refractivity contribution in [3.63, 3.8) is 0 Å².